The van der Waals surface area contributed by atoms with Gasteiger partial charge in [0.25, 0.3) is 0 Å². The smallest absolute Gasteiger partial charge is 0.339 e. The van der Waals surface area contributed by atoms with E-state index in [1.165, 1.54) is 12.3 Å². The van der Waals surface area contributed by atoms with E-state index in [9.17, 15) is 9.59 Å². The van der Waals surface area contributed by atoms with Gasteiger partial charge in [-0.05, 0) is 75.9 Å². The van der Waals surface area contributed by atoms with Gasteiger partial charge in [0.1, 0.15) is 12.4 Å². The van der Waals surface area contributed by atoms with Crippen LogP contribution in [-0.4, -0.2) is 23.3 Å². The van der Waals surface area contributed by atoms with Crippen molar-refractivity contribution in [2.24, 2.45) is 5.10 Å². The Bertz CT molecular complexity index is 1130. The van der Waals surface area contributed by atoms with E-state index in [2.05, 4.69) is 31.8 Å². The number of anilines is 1. The average Bonchev–Trinajstić information content (AvgIpc) is 2.75. The number of hydrazone groups is 1. The lowest BCUT2D eigenvalue weighted by molar-refractivity contribution is 0.0696. The Hall–Kier alpha value is -3.65. The predicted molar refractivity (Wildman–Crippen MR) is 123 cm³/mol. The number of nitrogens with one attached hydrogen (secondary N) is 2. The quantitative estimate of drug-likeness (QED) is 0.319. The zero-order chi connectivity index (χ0) is 22.2. The fourth-order valence-electron chi connectivity index (χ4n) is 2.70. The molecule has 3 aromatic rings. The number of carboxylic acids is 1. The summed E-state index contributed by atoms with van der Waals surface area (Å²) in [7, 11) is 0. The summed E-state index contributed by atoms with van der Waals surface area (Å²) < 4.78 is 6.47. The van der Waals surface area contributed by atoms with Crippen LogP contribution < -0.4 is 15.5 Å². The summed E-state index contributed by atoms with van der Waals surface area (Å²) in [4.78, 5) is 23.0. The number of aromatic carboxylic acids is 1. The molecule has 0 spiro atoms. The Kier molecular flexibility index (Phi) is 7.40. The van der Waals surface area contributed by atoms with Crippen LogP contribution in [0.1, 0.15) is 27.0 Å². The number of para-hydroxylation sites is 1. The monoisotopic (exact) mass is 481 g/mol. The van der Waals surface area contributed by atoms with E-state index in [0.29, 0.717) is 15.9 Å². The van der Waals surface area contributed by atoms with E-state index >= 15 is 0 Å². The minimum absolute atomic E-state index is 0.214. The number of benzene rings is 3. The summed E-state index contributed by atoms with van der Waals surface area (Å²) >= 11 is 3.45. The topological polar surface area (TPSA) is 100 Å². The maximum atomic E-state index is 12.0. The summed E-state index contributed by atoms with van der Waals surface area (Å²) in [6.45, 7) is 2.14. The zero-order valence-electron chi connectivity index (χ0n) is 16.6. The van der Waals surface area contributed by atoms with E-state index in [1.54, 1.807) is 36.4 Å². The number of hydrogen-bond acceptors (Lipinski definition) is 4. The molecule has 0 aliphatic heterocycles. The molecule has 3 aromatic carbocycles. The van der Waals surface area contributed by atoms with E-state index in [4.69, 9.17) is 9.84 Å². The second kappa shape index (κ2) is 10.4. The van der Waals surface area contributed by atoms with Crippen molar-refractivity contribution in [1.82, 2.24) is 5.43 Å². The van der Waals surface area contributed by atoms with E-state index in [0.717, 1.165) is 16.7 Å². The van der Waals surface area contributed by atoms with Gasteiger partial charge in [0.2, 0.25) is 0 Å². The van der Waals surface area contributed by atoms with Gasteiger partial charge in [-0.3, -0.25) is 0 Å². The summed E-state index contributed by atoms with van der Waals surface area (Å²) in [5, 5.41) is 15.8. The van der Waals surface area contributed by atoms with E-state index < -0.39 is 12.0 Å². The van der Waals surface area contributed by atoms with Crippen LogP contribution in [0.15, 0.2) is 76.3 Å². The molecule has 0 heterocycles. The molecule has 3 rings (SSSR count). The average molecular weight is 482 g/mol. The number of carbonyl (C=O) groups is 2. The molecule has 0 saturated heterocycles. The van der Waals surface area contributed by atoms with Crippen LogP contribution in [0.4, 0.5) is 10.5 Å². The van der Waals surface area contributed by atoms with Gasteiger partial charge >= 0.3 is 12.0 Å². The highest BCUT2D eigenvalue weighted by atomic mass is 79.9. The van der Waals surface area contributed by atoms with Gasteiger partial charge in [-0.25, -0.2) is 15.0 Å². The van der Waals surface area contributed by atoms with Crippen LogP contribution >= 0.6 is 15.9 Å². The minimum atomic E-state index is -0.979. The summed E-state index contributed by atoms with van der Waals surface area (Å²) in [5.74, 6) is -0.379. The molecule has 0 saturated carbocycles. The third-order valence-electron chi connectivity index (χ3n) is 4.30. The normalized spacial score (nSPS) is 10.6. The first-order chi connectivity index (χ1) is 14.9. The number of carbonyl (C=O) groups excluding carboxylic acids is 1. The number of amides is 2. The first kappa shape index (κ1) is 22.0. The van der Waals surface area contributed by atoms with Crippen molar-refractivity contribution in [3.05, 3.63) is 93.5 Å². The first-order valence-corrected chi connectivity index (χ1v) is 10.1. The fourth-order valence-corrected chi connectivity index (χ4v) is 3.21. The molecule has 0 aliphatic rings. The number of hydrogen-bond donors (Lipinski definition) is 3. The lowest BCUT2D eigenvalue weighted by Gasteiger charge is -2.09. The summed E-state index contributed by atoms with van der Waals surface area (Å²) in [5.41, 5.74) is 5.82. The maximum Gasteiger partial charge on any atom is 0.339 e. The predicted octanol–water partition coefficient (Wildman–Crippen LogP) is 5.19. The first-order valence-electron chi connectivity index (χ1n) is 9.32. The largest absolute Gasteiger partial charge is 0.488 e. The van der Waals surface area contributed by atoms with Crippen molar-refractivity contribution < 1.29 is 19.4 Å². The lowest BCUT2D eigenvalue weighted by Crippen LogP contribution is -2.24. The Balaban J connectivity index is 1.55. The Morgan fingerprint density at radius 2 is 1.90 bits per heavy atom. The van der Waals surface area contributed by atoms with Gasteiger partial charge in [-0.2, -0.15) is 5.10 Å². The Morgan fingerprint density at radius 1 is 1.10 bits per heavy atom. The van der Waals surface area contributed by atoms with E-state index in [-0.39, 0.29) is 12.2 Å². The third kappa shape index (κ3) is 6.42. The Labute approximate surface area is 187 Å². The highest BCUT2D eigenvalue weighted by molar-refractivity contribution is 9.10. The van der Waals surface area contributed by atoms with Crippen LogP contribution in [0.2, 0.25) is 0 Å². The van der Waals surface area contributed by atoms with Gasteiger partial charge in [0.05, 0.1) is 16.3 Å². The molecule has 2 amide bonds. The van der Waals surface area contributed by atoms with Gasteiger partial charge in [0, 0.05) is 5.69 Å². The molecule has 158 valence electrons. The Morgan fingerprint density at radius 3 is 2.65 bits per heavy atom. The SMILES string of the molecule is Cc1ccccc1NC(=O)NN=Cc1ccc(OCc2cccc(C(=O)O)c2)c(Br)c1. The highest BCUT2D eigenvalue weighted by Crippen LogP contribution is 2.26. The van der Waals surface area contributed by atoms with Gasteiger partial charge in [-0.1, -0.05) is 30.3 Å². The molecular weight excluding hydrogens is 462 g/mol. The number of ether oxygens (including phenoxy) is 1. The molecule has 31 heavy (non-hydrogen) atoms. The molecule has 3 N–H and O–H groups in total. The van der Waals surface area contributed by atoms with E-state index in [1.807, 2.05) is 31.2 Å². The van der Waals surface area contributed by atoms with Crippen LogP contribution in [0.25, 0.3) is 0 Å². The molecule has 0 atom stereocenters. The van der Waals surface area contributed by atoms with Crippen LogP contribution in [0.5, 0.6) is 5.75 Å². The molecule has 8 heteroatoms. The summed E-state index contributed by atoms with van der Waals surface area (Å²) in [6, 6.07) is 19.0. The van der Waals surface area contributed by atoms with Crippen LogP contribution in [-0.2, 0) is 6.61 Å². The van der Waals surface area contributed by atoms with Crippen molar-refractivity contribution in [2.45, 2.75) is 13.5 Å². The lowest BCUT2D eigenvalue weighted by atomic mass is 10.1. The second-order valence-electron chi connectivity index (χ2n) is 6.62. The maximum absolute atomic E-state index is 12.0. The second-order valence-corrected chi connectivity index (χ2v) is 7.48. The number of aryl methyl sites for hydroxylation is 1. The number of rotatable bonds is 7. The fraction of sp³-hybridized carbons (Fsp3) is 0.0870. The number of urea groups is 1. The molecular formula is C23H20BrN3O4. The van der Waals surface area contributed by atoms with Gasteiger partial charge in [0.15, 0.2) is 0 Å². The number of halogens is 1. The molecule has 0 fully saturated rings. The molecule has 0 aliphatic carbocycles. The van der Waals surface area contributed by atoms with Crippen molar-refractivity contribution in [3.8, 4) is 5.75 Å². The molecule has 7 nitrogen and oxygen atoms in total. The summed E-state index contributed by atoms with van der Waals surface area (Å²) in [6.07, 6.45) is 1.52. The third-order valence-corrected chi connectivity index (χ3v) is 4.92. The highest BCUT2D eigenvalue weighted by Gasteiger charge is 2.06. The van der Waals surface area contributed by atoms with Crippen LogP contribution in [0, 0.1) is 6.92 Å². The standard InChI is InChI=1S/C23H20BrN3O4/c1-15-5-2-3-8-20(15)26-23(30)27-25-13-16-9-10-21(19(24)12-16)31-14-17-6-4-7-18(11-17)22(28)29/h2-13H,14H2,1H3,(H,28,29)(H2,26,27,30). The van der Waals surface area contributed by atoms with Gasteiger partial charge < -0.3 is 15.2 Å². The minimum Gasteiger partial charge on any atom is -0.488 e. The number of nitrogens with zero attached hydrogens (tertiary/aromatic N) is 1. The van der Waals surface area contributed by atoms with Crippen molar-refractivity contribution in [1.29, 1.82) is 0 Å². The molecule has 0 unspecified atom stereocenters. The molecule has 0 bridgehead atoms. The van der Waals surface area contributed by atoms with Crippen molar-refractivity contribution in [2.75, 3.05) is 5.32 Å². The van der Waals surface area contributed by atoms with Crippen molar-refractivity contribution in [3.63, 3.8) is 0 Å². The van der Waals surface area contributed by atoms with Crippen molar-refractivity contribution >= 4 is 39.8 Å². The molecule has 0 radical (unpaired) electrons. The number of carboxylic acid groups (broad SMARTS) is 1. The molecule has 0 aromatic heterocycles. The van der Waals surface area contributed by atoms with Gasteiger partial charge in [-0.15, -0.1) is 0 Å². The van der Waals surface area contributed by atoms with Crippen LogP contribution in [0.3, 0.4) is 0 Å². The zero-order valence-corrected chi connectivity index (χ0v) is 18.2.